The highest BCUT2D eigenvalue weighted by molar-refractivity contribution is 6.50. The minimum atomic E-state index is -2.10. The number of fused-ring (bicyclic) bond motifs is 1. The number of nitrogens with two attached hydrogens (primary N) is 2. The van der Waals surface area contributed by atoms with Gasteiger partial charge in [0.15, 0.2) is 15.8 Å². The number of nitriles is 1. The number of nitrogens with zero attached hydrogens (tertiary/aromatic N) is 5. The molecule has 2 aromatic heterocycles. The van der Waals surface area contributed by atoms with Crippen molar-refractivity contribution in [2.24, 2.45) is 0 Å². The number of ether oxygens (including phenoxy) is 1. The molecule has 0 aromatic carbocycles. The van der Waals surface area contributed by atoms with Crippen LogP contribution < -0.4 is 11.5 Å². The molecule has 1 saturated heterocycles. The molecule has 0 radical (unpaired) electrons. The van der Waals surface area contributed by atoms with Gasteiger partial charge in [0.2, 0.25) is 11.5 Å². The number of hydrogen-bond donors (Lipinski definition) is 4. The Morgan fingerprint density at radius 1 is 1.48 bits per heavy atom. The summed E-state index contributed by atoms with van der Waals surface area (Å²) in [5, 5.41) is 33.0. The Morgan fingerprint density at radius 2 is 2.17 bits per heavy atom. The third-order valence-corrected chi connectivity index (χ3v) is 4.60. The molecule has 2 aromatic rings. The summed E-state index contributed by atoms with van der Waals surface area (Å²) in [6, 6.07) is 1.84. The van der Waals surface area contributed by atoms with Gasteiger partial charge in [0.05, 0.1) is 12.8 Å². The average Bonchev–Trinajstić information content (AvgIpc) is 2.99. The van der Waals surface area contributed by atoms with Crippen molar-refractivity contribution in [3.05, 3.63) is 11.9 Å². The van der Waals surface area contributed by atoms with E-state index in [1.807, 2.05) is 6.07 Å². The van der Waals surface area contributed by atoms with E-state index in [0.29, 0.717) is 0 Å². The van der Waals surface area contributed by atoms with Gasteiger partial charge in [-0.25, -0.2) is 9.50 Å². The number of aliphatic hydroxyl groups excluding tert-OH is 2. The Hall–Kier alpha value is -1.90. The first-order valence-corrected chi connectivity index (χ1v) is 7.07. The van der Waals surface area contributed by atoms with E-state index in [1.54, 1.807) is 0 Å². The number of aromatic nitrogens is 4. The molecular formula is C11H11Cl2N7O3. The van der Waals surface area contributed by atoms with Crippen molar-refractivity contribution in [1.29, 1.82) is 5.26 Å². The lowest BCUT2D eigenvalue weighted by atomic mass is 9.95. The minimum absolute atomic E-state index is 0.00389. The van der Waals surface area contributed by atoms with E-state index in [1.165, 1.54) is 6.20 Å². The van der Waals surface area contributed by atoms with Gasteiger partial charge in [0, 0.05) is 0 Å². The summed E-state index contributed by atoms with van der Waals surface area (Å²) in [5.74, 6) is -0.196. The number of nitrogen functional groups attached to an aromatic ring is 2. The summed E-state index contributed by atoms with van der Waals surface area (Å²) >= 11 is 12.4. The van der Waals surface area contributed by atoms with Crippen molar-refractivity contribution in [3.63, 3.8) is 0 Å². The largest absolute Gasteiger partial charge is 0.394 e. The Bertz CT molecular complexity index is 820. The zero-order valence-electron chi connectivity index (χ0n) is 11.4. The van der Waals surface area contributed by atoms with Crippen LogP contribution in [0.5, 0.6) is 0 Å². The van der Waals surface area contributed by atoms with Crippen LogP contribution in [0.3, 0.4) is 0 Å². The van der Waals surface area contributed by atoms with Gasteiger partial charge in [-0.2, -0.15) is 10.2 Å². The van der Waals surface area contributed by atoms with Crippen LogP contribution in [0.1, 0.15) is 5.69 Å². The third kappa shape index (κ3) is 1.95. The maximum atomic E-state index is 10.2. The first-order valence-electron chi connectivity index (χ1n) is 6.31. The summed E-state index contributed by atoms with van der Waals surface area (Å²) < 4.78 is 4.50. The molecule has 6 N–H and O–H groups in total. The predicted octanol–water partition coefficient (Wildman–Crippen LogP) is -1.07. The van der Waals surface area contributed by atoms with Gasteiger partial charge in [-0.1, -0.05) is 23.2 Å². The molecule has 3 rings (SSSR count). The second-order valence-corrected chi connectivity index (χ2v) is 6.32. The molecule has 0 saturated carbocycles. The second kappa shape index (κ2) is 5.05. The Labute approximate surface area is 139 Å². The molecule has 1 unspecified atom stereocenters. The summed E-state index contributed by atoms with van der Waals surface area (Å²) in [6.45, 7) is -0.595. The molecule has 3 atom stereocenters. The third-order valence-electron chi connectivity index (χ3n) is 3.62. The number of alkyl halides is 2. The van der Waals surface area contributed by atoms with E-state index in [9.17, 15) is 15.5 Å². The number of halogens is 2. The van der Waals surface area contributed by atoms with E-state index in [2.05, 4.69) is 15.1 Å². The first-order chi connectivity index (χ1) is 10.8. The highest BCUT2D eigenvalue weighted by Crippen LogP contribution is 2.53. The van der Waals surface area contributed by atoms with Crippen molar-refractivity contribution in [3.8, 4) is 6.07 Å². The Balaban J connectivity index is 2.29. The van der Waals surface area contributed by atoms with Gasteiger partial charge in [-0.15, -0.1) is 5.10 Å². The lowest BCUT2D eigenvalue weighted by Gasteiger charge is -2.29. The Kier molecular flexibility index (Phi) is 3.51. The fraction of sp³-hybridized carbons (Fsp3) is 0.455. The van der Waals surface area contributed by atoms with Crippen LogP contribution in [-0.2, 0) is 10.3 Å². The van der Waals surface area contributed by atoms with Crippen LogP contribution in [0, 0.1) is 11.3 Å². The smallest absolute Gasteiger partial charge is 0.240 e. The van der Waals surface area contributed by atoms with Gasteiger partial charge in [0.1, 0.15) is 24.0 Å². The number of rotatable bonds is 2. The first kappa shape index (κ1) is 16.0. The molecule has 10 nitrogen and oxygen atoms in total. The molecule has 1 fully saturated rings. The number of anilines is 2. The van der Waals surface area contributed by atoms with Gasteiger partial charge in [-0.05, 0) is 0 Å². The van der Waals surface area contributed by atoms with E-state index < -0.39 is 28.7 Å². The summed E-state index contributed by atoms with van der Waals surface area (Å²) in [7, 11) is 0. The molecule has 122 valence electrons. The lowest BCUT2D eigenvalue weighted by Crippen LogP contribution is -2.45. The van der Waals surface area contributed by atoms with Crippen LogP contribution in [0.25, 0.3) is 5.65 Å². The average molecular weight is 360 g/mol. The van der Waals surface area contributed by atoms with Crippen LogP contribution >= 0.6 is 23.2 Å². The van der Waals surface area contributed by atoms with Crippen LogP contribution in [0.15, 0.2) is 6.20 Å². The molecule has 1 aliphatic heterocycles. The predicted molar refractivity (Wildman–Crippen MR) is 79.3 cm³/mol. The van der Waals surface area contributed by atoms with E-state index >= 15 is 0 Å². The van der Waals surface area contributed by atoms with E-state index in [-0.39, 0.29) is 23.1 Å². The van der Waals surface area contributed by atoms with Crippen molar-refractivity contribution >= 4 is 40.6 Å². The molecule has 0 aliphatic carbocycles. The van der Waals surface area contributed by atoms with Gasteiger partial charge >= 0.3 is 0 Å². The Morgan fingerprint density at radius 3 is 2.74 bits per heavy atom. The van der Waals surface area contributed by atoms with Gasteiger partial charge < -0.3 is 26.4 Å². The monoisotopic (exact) mass is 359 g/mol. The normalized spacial score (nSPS) is 29.7. The number of aliphatic hydroxyl groups is 2. The number of hydrogen-bond acceptors (Lipinski definition) is 9. The van der Waals surface area contributed by atoms with Crippen molar-refractivity contribution < 1.29 is 14.9 Å². The second-order valence-electron chi connectivity index (χ2n) is 4.93. The maximum absolute atomic E-state index is 10.2. The van der Waals surface area contributed by atoms with Crippen molar-refractivity contribution in [2.45, 2.75) is 22.1 Å². The quantitative estimate of drug-likeness (QED) is 0.487. The van der Waals surface area contributed by atoms with Gasteiger partial charge in [-0.3, -0.25) is 0 Å². The standard InChI is InChI=1S/C11H11Cl2N7O3/c12-11(13)6(22)4(2-21)23-10(11,3-14)5-1-17-8-7(15)18-9(16)19-20(5)8/h1,4,6,21-22H,2H2,(H4,15,16,18,19)/t4-,6?,10+/m1/s1. The highest BCUT2D eigenvalue weighted by atomic mass is 35.5. The van der Waals surface area contributed by atoms with Crippen LogP contribution in [0.2, 0.25) is 0 Å². The van der Waals surface area contributed by atoms with E-state index in [0.717, 1.165) is 4.52 Å². The molecule has 1 aliphatic rings. The fourth-order valence-corrected chi connectivity index (χ4v) is 3.15. The lowest BCUT2D eigenvalue weighted by molar-refractivity contribution is -0.0524. The molecule has 0 bridgehead atoms. The molecule has 3 heterocycles. The van der Waals surface area contributed by atoms with Crippen LogP contribution in [-0.4, -0.2) is 52.9 Å². The highest BCUT2D eigenvalue weighted by Gasteiger charge is 2.67. The van der Waals surface area contributed by atoms with Crippen molar-refractivity contribution in [2.75, 3.05) is 18.1 Å². The molecule has 23 heavy (non-hydrogen) atoms. The number of imidazole rings is 1. The fourth-order valence-electron chi connectivity index (χ4n) is 2.50. The molecule has 12 heteroatoms. The van der Waals surface area contributed by atoms with Crippen LogP contribution in [0.4, 0.5) is 11.8 Å². The van der Waals surface area contributed by atoms with Crippen molar-refractivity contribution in [1.82, 2.24) is 19.6 Å². The van der Waals surface area contributed by atoms with E-state index in [4.69, 9.17) is 39.4 Å². The zero-order valence-corrected chi connectivity index (χ0v) is 12.9. The SMILES string of the molecule is N#C[C@@]1(c2cnc3c(N)nc(N)nn23)O[C@H](CO)C(O)C1(Cl)Cl. The molecule has 0 amide bonds. The maximum Gasteiger partial charge on any atom is 0.240 e. The summed E-state index contributed by atoms with van der Waals surface area (Å²) in [6.07, 6.45) is -1.49. The topological polar surface area (TPSA) is 169 Å². The molecular weight excluding hydrogens is 349 g/mol. The zero-order chi connectivity index (χ0) is 17.0. The summed E-state index contributed by atoms with van der Waals surface area (Å²) in [4.78, 5) is 7.76. The van der Waals surface area contributed by atoms with Gasteiger partial charge in [0.25, 0.3) is 0 Å². The summed E-state index contributed by atoms with van der Waals surface area (Å²) in [5.41, 5.74) is 9.31. The molecule has 0 spiro atoms. The minimum Gasteiger partial charge on any atom is -0.394 e.